The van der Waals surface area contributed by atoms with Gasteiger partial charge in [0.1, 0.15) is 5.82 Å². The molecule has 0 radical (unpaired) electrons. The minimum atomic E-state index is -0.406. The van der Waals surface area contributed by atoms with Crippen molar-refractivity contribution in [1.29, 1.82) is 0 Å². The zero-order valence-corrected chi connectivity index (χ0v) is 10.9. The van der Waals surface area contributed by atoms with Crippen molar-refractivity contribution in [3.63, 3.8) is 0 Å². The maximum Gasteiger partial charge on any atom is 0.203 e. The van der Waals surface area contributed by atoms with Crippen LogP contribution >= 0.6 is 0 Å². The highest BCUT2D eigenvalue weighted by Crippen LogP contribution is 2.41. The van der Waals surface area contributed by atoms with Gasteiger partial charge in [-0.25, -0.2) is 4.39 Å². The fourth-order valence-corrected chi connectivity index (χ4v) is 1.85. The number of nitrogens with zero attached hydrogens (tertiary/aromatic N) is 1. The molecule has 2 rings (SSSR count). The maximum absolute atomic E-state index is 13.8. The summed E-state index contributed by atoms with van der Waals surface area (Å²) < 4.78 is 29.5. The second kappa shape index (κ2) is 5.56. The van der Waals surface area contributed by atoms with E-state index in [2.05, 4.69) is 4.98 Å². The number of methoxy groups -OCH3 is 3. The van der Waals surface area contributed by atoms with Crippen LogP contribution < -0.4 is 14.2 Å². The topological polar surface area (TPSA) is 40.6 Å². The van der Waals surface area contributed by atoms with Crippen LogP contribution in [-0.2, 0) is 0 Å². The summed E-state index contributed by atoms with van der Waals surface area (Å²) in [5, 5.41) is 0. The first-order valence-electron chi connectivity index (χ1n) is 5.61. The van der Waals surface area contributed by atoms with Gasteiger partial charge < -0.3 is 14.2 Å². The van der Waals surface area contributed by atoms with E-state index in [-0.39, 0.29) is 0 Å². The van der Waals surface area contributed by atoms with Gasteiger partial charge in [-0.3, -0.25) is 4.98 Å². The highest BCUT2D eigenvalue weighted by molar-refractivity contribution is 5.71. The molecular formula is C14H14FNO3. The van der Waals surface area contributed by atoms with Crippen molar-refractivity contribution in [1.82, 2.24) is 4.98 Å². The molecule has 1 aromatic heterocycles. The number of ether oxygens (including phenoxy) is 3. The molecule has 0 fully saturated rings. The lowest BCUT2D eigenvalue weighted by Gasteiger charge is -2.14. The zero-order valence-electron chi connectivity index (χ0n) is 10.9. The van der Waals surface area contributed by atoms with E-state index in [1.54, 1.807) is 18.2 Å². The largest absolute Gasteiger partial charge is 0.493 e. The highest BCUT2D eigenvalue weighted by Gasteiger charge is 2.15. The lowest BCUT2D eigenvalue weighted by Crippen LogP contribution is -1.96. The van der Waals surface area contributed by atoms with Crippen molar-refractivity contribution in [2.75, 3.05) is 21.3 Å². The van der Waals surface area contributed by atoms with Crippen LogP contribution in [0.3, 0.4) is 0 Å². The lowest BCUT2D eigenvalue weighted by molar-refractivity contribution is 0.324. The second-order valence-corrected chi connectivity index (χ2v) is 3.77. The number of aromatic nitrogens is 1. The molecule has 19 heavy (non-hydrogen) atoms. The van der Waals surface area contributed by atoms with Crippen molar-refractivity contribution in [3.8, 4) is 28.4 Å². The molecule has 0 aliphatic carbocycles. The lowest BCUT2D eigenvalue weighted by atomic mass is 10.1. The van der Waals surface area contributed by atoms with Gasteiger partial charge in [-0.15, -0.1) is 0 Å². The van der Waals surface area contributed by atoms with Gasteiger partial charge in [-0.05, 0) is 23.8 Å². The van der Waals surface area contributed by atoms with Crippen molar-refractivity contribution < 1.29 is 18.6 Å². The molecule has 2 aromatic rings. The SMILES string of the molecule is COc1cc(-c2ccncc2F)cc(OC)c1OC. The molecule has 0 saturated heterocycles. The summed E-state index contributed by atoms with van der Waals surface area (Å²) in [5.41, 5.74) is 1.06. The first-order chi connectivity index (χ1) is 9.21. The Morgan fingerprint density at radius 1 is 1.00 bits per heavy atom. The molecule has 0 aliphatic rings. The van der Waals surface area contributed by atoms with Crippen LogP contribution in [0.4, 0.5) is 4.39 Å². The Balaban J connectivity index is 2.63. The summed E-state index contributed by atoms with van der Waals surface area (Å²) >= 11 is 0. The molecule has 0 bridgehead atoms. The van der Waals surface area contributed by atoms with E-state index in [9.17, 15) is 4.39 Å². The molecule has 1 heterocycles. The standard InChI is InChI=1S/C14H14FNO3/c1-17-12-6-9(7-13(18-2)14(12)19-3)10-4-5-16-8-11(10)15/h4-8H,1-3H3. The quantitative estimate of drug-likeness (QED) is 0.850. The monoisotopic (exact) mass is 263 g/mol. The minimum Gasteiger partial charge on any atom is -0.493 e. The van der Waals surface area contributed by atoms with Gasteiger partial charge in [0.25, 0.3) is 0 Å². The summed E-state index contributed by atoms with van der Waals surface area (Å²) in [5.74, 6) is 1.03. The van der Waals surface area contributed by atoms with Gasteiger partial charge in [0.05, 0.1) is 27.5 Å². The number of pyridine rings is 1. The van der Waals surface area contributed by atoms with Crippen LogP contribution in [-0.4, -0.2) is 26.3 Å². The van der Waals surface area contributed by atoms with Gasteiger partial charge in [0.15, 0.2) is 11.5 Å². The predicted molar refractivity (Wildman–Crippen MR) is 69.3 cm³/mol. The van der Waals surface area contributed by atoms with Crippen LogP contribution in [0.2, 0.25) is 0 Å². The van der Waals surface area contributed by atoms with Gasteiger partial charge in [0, 0.05) is 11.8 Å². The third kappa shape index (κ3) is 2.45. The number of benzene rings is 1. The Morgan fingerprint density at radius 2 is 1.63 bits per heavy atom. The summed E-state index contributed by atoms with van der Waals surface area (Å²) in [6.07, 6.45) is 2.69. The first kappa shape index (κ1) is 13.1. The molecule has 100 valence electrons. The summed E-state index contributed by atoms with van der Waals surface area (Å²) in [7, 11) is 4.56. The van der Waals surface area contributed by atoms with E-state index in [0.717, 1.165) is 0 Å². The van der Waals surface area contributed by atoms with Crippen molar-refractivity contribution in [2.24, 2.45) is 0 Å². The Morgan fingerprint density at radius 3 is 2.11 bits per heavy atom. The normalized spacial score (nSPS) is 10.1. The van der Waals surface area contributed by atoms with E-state index in [4.69, 9.17) is 14.2 Å². The molecule has 4 nitrogen and oxygen atoms in total. The Bertz CT molecular complexity index is 562. The summed E-state index contributed by atoms with van der Waals surface area (Å²) in [6, 6.07) is 4.98. The van der Waals surface area contributed by atoms with E-state index < -0.39 is 5.82 Å². The van der Waals surface area contributed by atoms with Crippen molar-refractivity contribution in [3.05, 3.63) is 36.4 Å². The Kier molecular flexibility index (Phi) is 3.85. The number of rotatable bonds is 4. The number of halogens is 1. The van der Waals surface area contributed by atoms with Crippen molar-refractivity contribution >= 4 is 0 Å². The first-order valence-corrected chi connectivity index (χ1v) is 5.61. The molecular weight excluding hydrogens is 249 g/mol. The fourth-order valence-electron chi connectivity index (χ4n) is 1.85. The van der Waals surface area contributed by atoms with Crippen LogP contribution in [0, 0.1) is 5.82 Å². The molecule has 1 aromatic carbocycles. The molecule has 0 atom stereocenters. The highest BCUT2D eigenvalue weighted by atomic mass is 19.1. The third-order valence-electron chi connectivity index (χ3n) is 2.75. The zero-order chi connectivity index (χ0) is 13.8. The van der Waals surface area contributed by atoms with E-state index in [0.29, 0.717) is 28.4 Å². The van der Waals surface area contributed by atoms with Crippen LogP contribution in [0.5, 0.6) is 17.2 Å². The van der Waals surface area contributed by atoms with E-state index in [1.165, 1.54) is 33.7 Å². The van der Waals surface area contributed by atoms with Gasteiger partial charge >= 0.3 is 0 Å². The molecule has 0 spiro atoms. The van der Waals surface area contributed by atoms with Crippen molar-refractivity contribution in [2.45, 2.75) is 0 Å². The van der Waals surface area contributed by atoms with Crippen LogP contribution in [0.15, 0.2) is 30.6 Å². The second-order valence-electron chi connectivity index (χ2n) is 3.77. The Labute approximate surface area is 110 Å². The maximum atomic E-state index is 13.8. The minimum absolute atomic E-state index is 0.406. The summed E-state index contributed by atoms with van der Waals surface area (Å²) in [4.78, 5) is 3.73. The molecule has 5 heteroatoms. The van der Waals surface area contributed by atoms with Crippen LogP contribution in [0.1, 0.15) is 0 Å². The van der Waals surface area contributed by atoms with Crippen LogP contribution in [0.25, 0.3) is 11.1 Å². The van der Waals surface area contributed by atoms with Gasteiger partial charge in [-0.1, -0.05) is 0 Å². The van der Waals surface area contributed by atoms with Gasteiger partial charge in [-0.2, -0.15) is 0 Å². The average molecular weight is 263 g/mol. The predicted octanol–water partition coefficient (Wildman–Crippen LogP) is 2.91. The number of hydrogen-bond donors (Lipinski definition) is 0. The molecule has 0 saturated carbocycles. The van der Waals surface area contributed by atoms with Gasteiger partial charge in [0.2, 0.25) is 5.75 Å². The fraction of sp³-hybridized carbons (Fsp3) is 0.214. The Hall–Kier alpha value is -2.30. The average Bonchev–Trinajstić information content (AvgIpc) is 2.46. The smallest absolute Gasteiger partial charge is 0.203 e. The summed E-state index contributed by atoms with van der Waals surface area (Å²) in [6.45, 7) is 0. The van der Waals surface area contributed by atoms with E-state index >= 15 is 0 Å². The molecule has 0 amide bonds. The number of hydrogen-bond acceptors (Lipinski definition) is 4. The van der Waals surface area contributed by atoms with E-state index in [1.807, 2.05) is 0 Å². The molecule has 0 N–H and O–H groups in total. The third-order valence-corrected chi connectivity index (χ3v) is 2.75. The molecule has 0 aliphatic heterocycles. The molecule has 0 unspecified atom stereocenters.